The molecule has 4 nitrogen and oxygen atoms in total. The molecule has 2 heterocycles. The van der Waals surface area contributed by atoms with Crippen molar-refractivity contribution in [1.82, 2.24) is 14.8 Å². The van der Waals surface area contributed by atoms with Crippen LogP contribution in [0.4, 0.5) is 0 Å². The van der Waals surface area contributed by atoms with Gasteiger partial charge in [-0.15, -0.1) is 0 Å². The molecule has 4 heteroatoms. The summed E-state index contributed by atoms with van der Waals surface area (Å²) < 4.78 is 1.97. The number of para-hydroxylation sites is 1. The maximum Gasteiger partial charge on any atom is 0.119 e. The summed E-state index contributed by atoms with van der Waals surface area (Å²) in [4.78, 5) is 4.43. The zero-order valence-corrected chi connectivity index (χ0v) is 10.7. The Labute approximate surface area is 111 Å². The van der Waals surface area contributed by atoms with Crippen molar-refractivity contribution in [3.8, 4) is 11.4 Å². The largest absolute Gasteiger partial charge is 0.390 e. The number of benzene rings is 1. The molecular weight excluding hydrogens is 238 g/mol. The number of aryl methyl sites for hydroxylation is 1. The van der Waals surface area contributed by atoms with E-state index in [1.165, 1.54) is 0 Å². The zero-order chi connectivity index (χ0) is 13.2. The second kappa shape index (κ2) is 4.82. The highest BCUT2D eigenvalue weighted by molar-refractivity contribution is 5.92. The molecule has 3 aromatic rings. The molecule has 0 aliphatic rings. The maximum atomic E-state index is 9.19. The SMILES string of the molecule is CCn1nc(-c2cccc(CO)n2)c2ccccc21. The van der Waals surface area contributed by atoms with E-state index in [0.717, 1.165) is 28.8 Å². The molecule has 0 atom stereocenters. The summed E-state index contributed by atoms with van der Waals surface area (Å²) in [6.07, 6.45) is 0. The number of hydrogen-bond acceptors (Lipinski definition) is 3. The highest BCUT2D eigenvalue weighted by Crippen LogP contribution is 2.26. The van der Waals surface area contributed by atoms with Crippen LogP contribution < -0.4 is 0 Å². The lowest BCUT2D eigenvalue weighted by Gasteiger charge is -2.00. The smallest absolute Gasteiger partial charge is 0.119 e. The van der Waals surface area contributed by atoms with Crippen molar-refractivity contribution in [2.75, 3.05) is 0 Å². The van der Waals surface area contributed by atoms with Gasteiger partial charge >= 0.3 is 0 Å². The first-order chi connectivity index (χ1) is 9.33. The van der Waals surface area contributed by atoms with Gasteiger partial charge in [0.25, 0.3) is 0 Å². The molecule has 3 rings (SSSR count). The summed E-state index contributed by atoms with van der Waals surface area (Å²) in [5.74, 6) is 0. The van der Waals surface area contributed by atoms with Crippen LogP contribution in [0.25, 0.3) is 22.3 Å². The van der Waals surface area contributed by atoms with Crippen molar-refractivity contribution in [1.29, 1.82) is 0 Å². The number of nitrogens with zero attached hydrogens (tertiary/aromatic N) is 3. The molecular formula is C15H15N3O. The molecule has 1 aromatic carbocycles. The van der Waals surface area contributed by atoms with Crippen LogP contribution in [0.2, 0.25) is 0 Å². The molecule has 0 saturated heterocycles. The molecule has 0 unspecified atom stereocenters. The quantitative estimate of drug-likeness (QED) is 0.780. The molecule has 0 aliphatic heterocycles. The molecule has 0 radical (unpaired) electrons. The van der Waals surface area contributed by atoms with Gasteiger partial charge in [-0.3, -0.25) is 4.68 Å². The van der Waals surface area contributed by atoms with Gasteiger partial charge in [-0.2, -0.15) is 5.10 Å². The van der Waals surface area contributed by atoms with Gasteiger partial charge in [0.05, 0.1) is 23.5 Å². The van der Waals surface area contributed by atoms with Crippen molar-refractivity contribution in [2.45, 2.75) is 20.1 Å². The zero-order valence-electron chi connectivity index (χ0n) is 10.7. The van der Waals surface area contributed by atoms with E-state index in [4.69, 9.17) is 0 Å². The molecule has 1 N–H and O–H groups in total. The second-order valence-electron chi connectivity index (χ2n) is 4.35. The maximum absolute atomic E-state index is 9.19. The van der Waals surface area contributed by atoms with Gasteiger partial charge in [0.2, 0.25) is 0 Å². The summed E-state index contributed by atoms with van der Waals surface area (Å²) in [5.41, 5.74) is 3.44. The molecule has 2 aromatic heterocycles. The number of rotatable bonds is 3. The Hall–Kier alpha value is -2.20. The predicted octanol–water partition coefficient (Wildman–Crippen LogP) is 2.61. The lowest BCUT2D eigenvalue weighted by Crippen LogP contribution is -1.96. The van der Waals surface area contributed by atoms with E-state index in [2.05, 4.69) is 29.1 Å². The minimum absolute atomic E-state index is 0.0553. The van der Waals surface area contributed by atoms with Crippen molar-refractivity contribution in [2.24, 2.45) is 0 Å². The topological polar surface area (TPSA) is 50.9 Å². The molecule has 0 aliphatic carbocycles. The standard InChI is InChI=1S/C15H15N3O/c1-2-18-14-9-4-3-7-12(14)15(17-18)13-8-5-6-11(10-19)16-13/h3-9,19H,2,10H2,1H3. The fraction of sp³-hybridized carbons (Fsp3) is 0.200. The summed E-state index contributed by atoms with van der Waals surface area (Å²) in [7, 11) is 0. The normalized spacial score (nSPS) is 11.1. The Morgan fingerprint density at radius 2 is 1.95 bits per heavy atom. The summed E-state index contributed by atoms with van der Waals surface area (Å²) in [5, 5.41) is 14.9. The molecule has 0 spiro atoms. The molecule has 96 valence electrons. The van der Waals surface area contributed by atoms with E-state index in [1.54, 1.807) is 0 Å². The van der Waals surface area contributed by atoms with Gasteiger partial charge in [0, 0.05) is 11.9 Å². The number of fused-ring (bicyclic) bond motifs is 1. The minimum atomic E-state index is -0.0553. The first kappa shape index (κ1) is 11.9. The molecule has 0 bridgehead atoms. The highest BCUT2D eigenvalue weighted by Gasteiger charge is 2.12. The van der Waals surface area contributed by atoms with Crippen LogP contribution in [0.15, 0.2) is 42.5 Å². The van der Waals surface area contributed by atoms with Crippen molar-refractivity contribution in [3.63, 3.8) is 0 Å². The van der Waals surface area contributed by atoms with Gasteiger partial charge in [-0.05, 0) is 25.1 Å². The first-order valence-electron chi connectivity index (χ1n) is 6.36. The first-order valence-corrected chi connectivity index (χ1v) is 6.36. The number of pyridine rings is 1. The van der Waals surface area contributed by atoms with Crippen molar-refractivity contribution >= 4 is 10.9 Å². The Morgan fingerprint density at radius 3 is 2.74 bits per heavy atom. The van der Waals surface area contributed by atoms with Gasteiger partial charge in [0.15, 0.2) is 0 Å². The summed E-state index contributed by atoms with van der Waals surface area (Å²) >= 11 is 0. The lowest BCUT2D eigenvalue weighted by atomic mass is 10.1. The molecule has 0 saturated carbocycles. The lowest BCUT2D eigenvalue weighted by molar-refractivity contribution is 0.277. The third-order valence-electron chi connectivity index (χ3n) is 3.17. The fourth-order valence-electron chi connectivity index (χ4n) is 2.26. The Balaban J connectivity index is 2.24. The van der Waals surface area contributed by atoms with Crippen LogP contribution in [-0.2, 0) is 13.2 Å². The number of aliphatic hydroxyl groups is 1. The Bertz CT molecular complexity index is 718. The van der Waals surface area contributed by atoms with E-state index in [9.17, 15) is 5.11 Å². The molecule has 19 heavy (non-hydrogen) atoms. The van der Waals surface area contributed by atoms with Crippen LogP contribution in [0.1, 0.15) is 12.6 Å². The van der Waals surface area contributed by atoms with Gasteiger partial charge < -0.3 is 5.11 Å². The summed E-state index contributed by atoms with van der Waals surface area (Å²) in [6.45, 7) is 2.83. The van der Waals surface area contributed by atoms with Crippen LogP contribution in [0.3, 0.4) is 0 Å². The predicted molar refractivity (Wildman–Crippen MR) is 74.6 cm³/mol. The Kier molecular flexibility index (Phi) is 3.01. The van der Waals surface area contributed by atoms with Crippen LogP contribution in [-0.4, -0.2) is 19.9 Å². The van der Waals surface area contributed by atoms with Gasteiger partial charge in [0.1, 0.15) is 5.69 Å². The molecule has 0 amide bonds. The second-order valence-corrected chi connectivity index (χ2v) is 4.35. The van der Waals surface area contributed by atoms with Crippen molar-refractivity contribution in [3.05, 3.63) is 48.2 Å². The van der Waals surface area contributed by atoms with Gasteiger partial charge in [-0.1, -0.05) is 24.3 Å². The van der Waals surface area contributed by atoms with Crippen LogP contribution in [0, 0.1) is 0 Å². The van der Waals surface area contributed by atoms with E-state index >= 15 is 0 Å². The average Bonchev–Trinajstić information content (AvgIpc) is 2.86. The third kappa shape index (κ3) is 2.00. The fourth-order valence-corrected chi connectivity index (χ4v) is 2.26. The number of hydrogen-bond donors (Lipinski definition) is 1. The highest BCUT2D eigenvalue weighted by atomic mass is 16.3. The third-order valence-corrected chi connectivity index (χ3v) is 3.17. The monoisotopic (exact) mass is 253 g/mol. The van der Waals surface area contributed by atoms with Crippen LogP contribution >= 0.6 is 0 Å². The number of aliphatic hydroxyl groups excluding tert-OH is 1. The van der Waals surface area contributed by atoms with Crippen molar-refractivity contribution < 1.29 is 5.11 Å². The molecule has 0 fully saturated rings. The summed E-state index contributed by atoms with van der Waals surface area (Å²) in [6, 6.07) is 13.8. The number of aromatic nitrogens is 3. The van der Waals surface area contributed by atoms with Crippen LogP contribution in [0.5, 0.6) is 0 Å². The van der Waals surface area contributed by atoms with Gasteiger partial charge in [-0.25, -0.2) is 4.98 Å². The van der Waals surface area contributed by atoms with E-state index < -0.39 is 0 Å². The Morgan fingerprint density at radius 1 is 1.11 bits per heavy atom. The average molecular weight is 253 g/mol. The van der Waals surface area contributed by atoms with E-state index in [0.29, 0.717) is 5.69 Å². The minimum Gasteiger partial charge on any atom is -0.390 e. The van der Waals surface area contributed by atoms with E-state index in [-0.39, 0.29) is 6.61 Å². The van der Waals surface area contributed by atoms with E-state index in [1.807, 2.05) is 35.0 Å².